The molecule has 2 aromatic rings. The highest BCUT2D eigenvalue weighted by molar-refractivity contribution is 7.89. The number of carbonyl (C=O) groups is 1. The van der Waals surface area contributed by atoms with Gasteiger partial charge in [-0.2, -0.15) is 0 Å². The van der Waals surface area contributed by atoms with Crippen molar-refractivity contribution in [1.29, 1.82) is 0 Å². The van der Waals surface area contributed by atoms with E-state index in [1.54, 1.807) is 0 Å². The van der Waals surface area contributed by atoms with E-state index < -0.39 is 16.0 Å². The molecular weight excluding hydrogens is 308 g/mol. The molecule has 0 aliphatic carbocycles. The molecule has 0 fully saturated rings. The van der Waals surface area contributed by atoms with Crippen molar-refractivity contribution in [3.8, 4) is 5.75 Å². The lowest BCUT2D eigenvalue weighted by Crippen LogP contribution is -2.11. The van der Waals surface area contributed by atoms with Gasteiger partial charge in [-0.25, -0.2) is 18.4 Å². The number of benzene rings is 2. The van der Waals surface area contributed by atoms with Gasteiger partial charge in [-0.3, -0.25) is 0 Å². The highest BCUT2D eigenvalue weighted by Crippen LogP contribution is 2.28. The Hall–Kier alpha value is -2.58. The van der Waals surface area contributed by atoms with E-state index in [9.17, 15) is 18.3 Å². The molecule has 8 heteroatoms. The first-order valence-corrected chi connectivity index (χ1v) is 7.67. The van der Waals surface area contributed by atoms with Gasteiger partial charge in [-0.05, 0) is 42.5 Å². The number of hydrogen-bond donors (Lipinski definition) is 3. The van der Waals surface area contributed by atoms with Crippen molar-refractivity contribution in [2.75, 3.05) is 12.4 Å². The number of hydrogen-bond acceptors (Lipinski definition) is 6. The number of sulfonamides is 1. The molecule has 0 unspecified atom stereocenters. The van der Waals surface area contributed by atoms with E-state index in [2.05, 4.69) is 10.1 Å². The fraction of sp³-hybridized carbons (Fsp3) is 0.0714. The smallest absolute Gasteiger partial charge is 0.337 e. The Morgan fingerprint density at radius 2 is 1.82 bits per heavy atom. The molecule has 0 aliphatic heterocycles. The summed E-state index contributed by atoms with van der Waals surface area (Å²) in [5, 5.41) is 17.7. The Labute approximate surface area is 127 Å². The zero-order chi connectivity index (χ0) is 16.3. The Kier molecular flexibility index (Phi) is 4.34. The van der Waals surface area contributed by atoms with Crippen molar-refractivity contribution >= 4 is 27.4 Å². The van der Waals surface area contributed by atoms with Crippen LogP contribution in [0, 0.1) is 0 Å². The average Bonchev–Trinajstić information content (AvgIpc) is 2.48. The van der Waals surface area contributed by atoms with Crippen molar-refractivity contribution in [3.63, 3.8) is 0 Å². The van der Waals surface area contributed by atoms with E-state index in [0.717, 1.165) is 0 Å². The predicted molar refractivity (Wildman–Crippen MR) is 80.5 cm³/mol. The quantitative estimate of drug-likeness (QED) is 0.581. The largest absolute Gasteiger partial charge is 0.506 e. The maximum atomic E-state index is 11.5. The molecule has 2 rings (SSSR count). The van der Waals surface area contributed by atoms with E-state index >= 15 is 0 Å². The molecule has 2 aromatic carbocycles. The summed E-state index contributed by atoms with van der Waals surface area (Å²) in [5.41, 5.74) is 1.07. The average molecular weight is 322 g/mol. The number of aromatic hydroxyl groups is 1. The molecule has 0 radical (unpaired) electrons. The molecule has 0 amide bonds. The third kappa shape index (κ3) is 3.54. The minimum atomic E-state index is -3.76. The van der Waals surface area contributed by atoms with Gasteiger partial charge in [-0.15, -0.1) is 0 Å². The highest BCUT2D eigenvalue weighted by atomic mass is 32.2. The summed E-state index contributed by atoms with van der Waals surface area (Å²) < 4.78 is 27.0. The number of carbonyl (C=O) groups excluding carboxylic acids is 1. The lowest BCUT2D eigenvalue weighted by atomic mass is 10.2. The first-order valence-electron chi connectivity index (χ1n) is 6.12. The number of phenols is 1. The number of rotatable bonds is 4. The van der Waals surface area contributed by atoms with Gasteiger partial charge < -0.3 is 15.2 Å². The number of ether oxygens (including phenoxy) is 1. The summed E-state index contributed by atoms with van der Waals surface area (Å²) in [6.45, 7) is 0. The second-order valence-corrected chi connectivity index (χ2v) is 5.98. The van der Waals surface area contributed by atoms with E-state index in [0.29, 0.717) is 5.69 Å². The minimum Gasteiger partial charge on any atom is -0.506 e. The van der Waals surface area contributed by atoms with Gasteiger partial charge in [0, 0.05) is 5.69 Å². The standard InChI is InChI=1S/C14H14N2O5S/c1-21-14(18)9-2-7-13(17)12(8-9)16-10-3-5-11(6-4-10)22(15,19)20/h2-8,16-17H,1H3,(H2,15,19,20). The predicted octanol–water partition coefficient (Wildman–Crippen LogP) is 1.57. The van der Waals surface area contributed by atoms with E-state index in [4.69, 9.17) is 5.14 Å². The maximum absolute atomic E-state index is 11.5. The molecule has 116 valence electrons. The van der Waals surface area contributed by atoms with Crippen LogP contribution in [0.3, 0.4) is 0 Å². The molecule has 0 bridgehead atoms. The first-order chi connectivity index (χ1) is 10.3. The lowest BCUT2D eigenvalue weighted by Gasteiger charge is -2.10. The summed E-state index contributed by atoms with van der Waals surface area (Å²) in [6.07, 6.45) is 0. The molecule has 0 aromatic heterocycles. The van der Waals surface area contributed by atoms with Crippen molar-refractivity contribution < 1.29 is 23.1 Å². The van der Waals surface area contributed by atoms with E-state index in [-0.39, 0.29) is 21.9 Å². The topological polar surface area (TPSA) is 119 Å². The number of nitrogens with two attached hydrogens (primary N) is 1. The van der Waals surface area contributed by atoms with Crippen LogP contribution in [0.1, 0.15) is 10.4 Å². The third-order valence-corrected chi connectivity index (χ3v) is 3.81. The summed E-state index contributed by atoms with van der Waals surface area (Å²) >= 11 is 0. The fourth-order valence-electron chi connectivity index (χ4n) is 1.76. The van der Waals surface area contributed by atoms with Crippen molar-refractivity contribution in [1.82, 2.24) is 0 Å². The van der Waals surface area contributed by atoms with E-state index in [1.807, 2.05) is 0 Å². The van der Waals surface area contributed by atoms with Gasteiger partial charge in [0.1, 0.15) is 5.75 Å². The number of methoxy groups -OCH3 is 1. The Morgan fingerprint density at radius 1 is 1.18 bits per heavy atom. The first kappa shape index (κ1) is 15.8. The number of phenolic OH excluding ortho intramolecular Hbond substituents is 1. The molecule has 0 atom stereocenters. The van der Waals surface area contributed by atoms with Crippen LogP contribution in [-0.2, 0) is 14.8 Å². The summed E-state index contributed by atoms with van der Waals surface area (Å²) in [4.78, 5) is 11.4. The van der Waals surface area contributed by atoms with Crippen molar-refractivity contribution in [2.45, 2.75) is 4.90 Å². The fourth-order valence-corrected chi connectivity index (χ4v) is 2.28. The second kappa shape index (κ2) is 6.04. The molecule has 22 heavy (non-hydrogen) atoms. The summed E-state index contributed by atoms with van der Waals surface area (Å²) in [5.74, 6) is -0.601. The van der Waals surface area contributed by atoms with E-state index in [1.165, 1.54) is 49.6 Å². The number of esters is 1. The molecule has 0 spiro atoms. The molecule has 4 N–H and O–H groups in total. The van der Waals surface area contributed by atoms with Crippen LogP contribution in [0.2, 0.25) is 0 Å². The van der Waals surface area contributed by atoms with Gasteiger partial charge in [0.05, 0.1) is 23.3 Å². The van der Waals surface area contributed by atoms with Gasteiger partial charge in [-0.1, -0.05) is 0 Å². The monoisotopic (exact) mass is 322 g/mol. The minimum absolute atomic E-state index is 0.0226. The SMILES string of the molecule is COC(=O)c1ccc(O)c(Nc2ccc(S(N)(=O)=O)cc2)c1. The third-order valence-electron chi connectivity index (χ3n) is 2.88. The van der Waals surface area contributed by atoms with Gasteiger partial charge >= 0.3 is 5.97 Å². The molecule has 7 nitrogen and oxygen atoms in total. The van der Waals surface area contributed by atoms with Crippen LogP contribution in [-0.4, -0.2) is 26.6 Å². The molecular formula is C14H14N2O5S. The zero-order valence-corrected chi connectivity index (χ0v) is 12.4. The van der Waals surface area contributed by atoms with Gasteiger partial charge in [0.2, 0.25) is 10.0 Å². The number of nitrogens with one attached hydrogen (secondary N) is 1. The molecule has 0 saturated heterocycles. The van der Waals surface area contributed by atoms with Crippen LogP contribution < -0.4 is 10.5 Å². The highest BCUT2D eigenvalue weighted by Gasteiger charge is 2.11. The molecule has 0 saturated carbocycles. The van der Waals surface area contributed by atoms with Crippen molar-refractivity contribution in [3.05, 3.63) is 48.0 Å². The summed E-state index contributed by atoms with van der Waals surface area (Å²) in [7, 11) is -2.50. The zero-order valence-electron chi connectivity index (χ0n) is 11.6. The van der Waals surface area contributed by atoms with Crippen LogP contribution in [0.5, 0.6) is 5.75 Å². The Bertz CT molecular complexity index is 800. The summed E-state index contributed by atoms with van der Waals surface area (Å²) in [6, 6.07) is 9.85. The van der Waals surface area contributed by atoms with Crippen LogP contribution in [0.25, 0.3) is 0 Å². The number of primary sulfonamides is 1. The van der Waals surface area contributed by atoms with Crippen LogP contribution >= 0.6 is 0 Å². The number of anilines is 2. The van der Waals surface area contributed by atoms with Gasteiger partial charge in [0.25, 0.3) is 0 Å². The Balaban J connectivity index is 2.29. The maximum Gasteiger partial charge on any atom is 0.337 e. The Morgan fingerprint density at radius 3 is 2.36 bits per heavy atom. The molecule has 0 heterocycles. The normalized spacial score (nSPS) is 11.0. The van der Waals surface area contributed by atoms with Gasteiger partial charge in [0.15, 0.2) is 0 Å². The van der Waals surface area contributed by atoms with Crippen molar-refractivity contribution in [2.24, 2.45) is 5.14 Å². The molecule has 0 aliphatic rings. The van der Waals surface area contributed by atoms with Crippen LogP contribution in [0.4, 0.5) is 11.4 Å². The van der Waals surface area contributed by atoms with Crippen LogP contribution in [0.15, 0.2) is 47.4 Å². The second-order valence-electron chi connectivity index (χ2n) is 4.42. The lowest BCUT2D eigenvalue weighted by molar-refractivity contribution is 0.0601.